The molecule has 0 saturated carbocycles. The zero-order chi connectivity index (χ0) is 22.8. The Balaban J connectivity index is 1.13. The van der Waals surface area contributed by atoms with Crippen LogP contribution in [0.15, 0.2) is 42.6 Å². The second kappa shape index (κ2) is 9.21. The summed E-state index contributed by atoms with van der Waals surface area (Å²) >= 11 is 0. The molecule has 1 aromatic carbocycles. The first-order chi connectivity index (χ1) is 16.1. The minimum absolute atomic E-state index is 0.000868. The van der Waals surface area contributed by atoms with Gasteiger partial charge < -0.3 is 19.5 Å². The third-order valence-corrected chi connectivity index (χ3v) is 6.92. The summed E-state index contributed by atoms with van der Waals surface area (Å²) in [6.45, 7) is 2.71. The number of imidazole rings is 1. The van der Waals surface area contributed by atoms with Crippen molar-refractivity contribution in [1.29, 1.82) is 0 Å². The van der Waals surface area contributed by atoms with Gasteiger partial charge in [-0.05, 0) is 56.0 Å². The average Bonchev–Trinajstić information content (AvgIpc) is 3.32. The van der Waals surface area contributed by atoms with E-state index in [2.05, 4.69) is 15.0 Å². The topological polar surface area (TPSA) is 91.4 Å². The molecule has 0 radical (unpaired) electrons. The fraction of sp³-hybridized carbons (Fsp3) is 0.440. The van der Waals surface area contributed by atoms with Crippen LogP contribution in [0, 0.1) is 5.92 Å². The number of aromatic nitrogens is 3. The lowest BCUT2D eigenvalue weighted by molar-refractivity contribution is -0.138. The zero-order valence-electron chi connectivity index (χ0n) is 18.9. The molecule has 0 bridgehead atoms. The van der Waals surface area contributed by atoms with E-state index in [1.165, 1.54) is 0 Å². The molecule has 1 N–H and O–H groups in total. The molecule has 5 rings (SSSR count). The Labute approximate surface area is 193 Å². The monoisotopic (exact) mass is 447 g/mol. The molecule has 0 aliphatic carbocycles. The maximum absolute atomic E-state index is 13.1. The van der Waals surface area contributed by atoms with E-state index >= 15 is 0 Å². The van der Waals surface area contributed by atoms with E-state index in [4.69, 9.17) is 4.74 Å². The highest BCUT2D eigenvalue weighted by Gasteiger charge is 2.33. The Morgan fingerprint density at radius 3 is 2.48 bits per heavy atom. The van der Waals surface area contributed by atoms with Crippen molar-refractivity contribution in [3.63, 3.8) is 0 Å². The number of carbonyl (C=O) groups excluding carboxylic acids is 2. The second-order valence-corrected chi connectivity index (χ2v) is 8.89. The number of piperidine rings is 2. The van der Waals surface area contributed by atoms with E-state index in [1.807, 2.05) is 40.1 Å². The summed E-state index contributed by atoms with van der Waals surface area (Å²) in [4.78, 5) is 42.2. The number of hydrogen-bond donors (Lipinski definition) is 1. The van der Waals surface area contributed by atoms with Gasteiger partial charge in [-0.2, -0.15) is 0 Å². The first-order valence-corrected chi connectivity index (χ1v) is 11.6. The van der Waals surface area contributed by atoms with Gasteiger partial charge in [-0.25, -0.2) is 9.97 Å². The van der Waals surface area contributed by atoms with Gasteiger partial charge in [-0.1, -0.05) is 6.07 Å². The average molecular weight is 448 g/mol. The minimum Gasteiger partial charge on any atom is -0.497 e. The Bertz CT molecular complexity index is 1110. The smallest absolute Gasteiger partial charge is 0.253 e. The van der Waals surface area contributed by atoms with E-state index in [9.17, 15) is 9.59 Å². The number of rotatable bonds is 4. The van der Waals surface area contributed by atoms with Crippen LogP contribution < -0.4 is 4.74 Å². The molecule has 0 unspecified atom stereocenters. The van der Waals surface area contributed by atoms with Gasteiger partial charge in [0.2, 0.25) is 5.91 Å². The van der Waals surface area contributed by atoms with Gasteiger partial charge in [0, 0.05) is 49.8 Å². The van der Waals surface area contributed by atoms with Crippen LogP contribution in [-0.4, -0.2) is 69.9 Å². The summed E-state index contributed by atoms with van der Waals surface area (Å²) in [7, 11) is 1.59. The van der Waals surface area contributed by atoms with Crippen molar-refractivity contribution in [2.24, 2.45) is 5.92 Å². The number of methoxy groups -OCH3 is 1. The Kier molecular flexibility index (Phi) is 5.98. The van der Waals surface area contributed by atoms with Crippen molar-refractivity contribution >= 4 is 23.0 Å². The van der Waals surface area contributed by atoms with Gasteiger partial charge in [0.25, 0.3) is 5.91 Å². The molecule has 4 heterocycles. The normalized spacial score (nSPS) is 18.0. The van der Waals surface area contributed by atoms with E-state index in [0.29, 0.717) is 43.2 Å². The summed E-state index contributed by atoms with van der Waals surface area (Å²) in [6, 6.07) is 11.1. The second-order valence-electron chi connectivity index (χ2n) is 8.89. The lowest BCUT2D eigenvalue weighted by Crippen LogP contribution is -2.46. The molecule has 2 aliphatic rings. The highest BCUT2D eigenvalue weighted by atomic mass is 16.5. The molecule has 2 aromatic heterocycles. The van der Waals surface area contributed by atoms with Crippen molar-refractivity contribution < 1.29 is 14.3 Å². The number of amides is 2. The zero-order valence-corrected chi connectivity index (χ0v) is 18.9. The number of benzene rings is 1. The molecular formula is C25H29N5O3. The fourth-order valence-electron chi connectivity index (χ4n) is 4.96. The van der Waals surface area contributed by atoms with E-state index in [-0.39, 0.29) is 17.7 Å². The van der Waals surface area contributed by atoms with Crippen molar-refractivity contribution in [3.8, 4) is 5.75 Å². The Hall–Kier alpha value is -3.42. The Morgan fingerprint density at radius 1 is 1.00 bits per heavy atom. The van der Waals surface area contributed by atoms with E-state index < -0.39 is 0 Å². The van der Waals surface area contributed by atoms with Crippen LogP contribution in [-0.2, 0) is 4.79 Å². The number of likely N-dealkylation sites (tertiary alicyclic amines) is 2. The number of nitrogens with one attached hydrogen (secondary N) is 1. The van der Waals surface area contributed by atoms with Gasteiger partial charge in [0.15, 0.2) is 5.65 Å². The Morgan fingerprint density at radius 2 is 1.76 bits per heavy atom. The lowest BCUT2D eigenvalue weighted by Gasteiger charge is -2.37. The third kappa shape index (κ3) is 4.42. The van der Waals surface area contributed by atoms with Gasteiger partial charge in [0.05, 0.1) is 12.6 Å². The molecule has 2 fully saturated rings. The summed E-state index contributed by atoms with van der Waals surface area (Å²) in [5.74, 6) is 2.19. The van der Waals surface area contributed by atoms with Crippen molar-refractivity contribution in [3.05, 3.63) is 54.0 Å². The fourth-order valence-corrected chi connectivity index (χ4v) is 4.96. The molecule has 33 heavy (non-hydrogen) atoms. The quantitative estimate of drug-likeness (QED) is 0.663. The van der Waals surface area contributed by atoms with Crippen molar-refractivity contribution in [1.82, 2.24) is 24.8 Å². The molecule has 2 amide bonds. The molecule has 8 heteroatoms. The van der Waals surface area contributed by atoms with Crippen LogP contribution in [0.4, 0.5) is 0 Å². The van der Waals surface area contributed by atoms with Gasteiger partial charge >= 0.3 is 0 Å². The van der Waals surface area contributed by atoms with Crippen LogP contribution >= 0.6 is 0 Å². The van der Waals surface area contributed by atoms with Gasteiger partial charge in [-0.3, -0.25) is 9.59 Å². The summed E-state index contributed by atoms with van der Waals surface area (Å²) in [5, 5.41) is 0. The molecule has 3 aromatic rings. The first-order valence-electron chi connectivity index (χ1n) is 11.6. The molecule has 2 saturated heterocycles. The number of aromatic amines is 1. The molecule has 2 aliphatic heterocycles. The number of nitrogens with zero attached hydrogens (tertiary/aromatic N) is 4. The minimum atomic E-state index is -0.00805. The first kappa shape index (κ1) is 21.4. The highest BCUT2D eigenvalue weighted by molar-refractivity contribution is 5.94. The molecule has 0 atom stereocenters. The number of fused-ring (bicyclic) bond motifs is 1. The predicted molar refractivity (Wildman–Crippen MR) is 124 cm³/mol. The lowest BCUT2D eigenvalue weighted by atomic mass is 9.91. The van der Waals surface area contributed by atoms with E-state index in [0.717, 1.165) is 42.9 Å². The van der Waals surface area contributed by atoms with Crippen molar-refractivity contribution in [2.75, 3.05) is 33.3 Å². The maximum atomic E-state index is 13.1. The summed E-state index contributed by atoms with van der Waals surface area (Å²) in [6.07, 6.45) is 4.98. The summed E-state index contributed by atoms with van der Waals surface area (Å²) in [5.41, 5.74) is 2.34. The number of ether oxygens (including phenoxy) is 1. The van der Waals surface area contributed by atoms with Crippen molar-refractivity contribution in [2.45, 2.75) is 31.6 Å². The number of carbonyl (C=O) groups is 2. The summed E-state index contributed by atoms with van der Waals surface area (Å²) < 4.78 is 5.23. The standard InChI is InChI=1S/C25H29N5O3/c1-33-20-5-2-4-19(16-20)25(32)30-14-9-18(10-15-30)24(31)29-12-7-17(8-13-29)22-27-21-6-3-11-26-23(21)28-22/h2-6,11,16-18H,7-10,12-15H2,1H3,(H,26,27,28). The van der Waals surface area contributed by atoms with Crippen LogP contribution in [0.2, 0.25) is 0 Å². The predicted octanol–water partition coefficient (Wildman–Crippen LogP) is 3.22. The van der Waals surface area contributed by atoms with Gasteiger partial charge in [-0.15, -0.1) is 0 Å². The molecule has 172 valence electrons. The van der Waals surface area contributed by atoms with Gasteiger partial charge in [0.1, 0.15) is 11.6 Å². The van der Waals surface area contributed by atoms with Crippen LogP contribution in [0.5, 0.6) is 5.75 Å². The maximum Gasteiger partial charge on any atom is 0.253 e. The highest BCUT2D eigenvalue weighted by Crippen LogP contribution is 2.29. The molecular weight excluding hydrogens is 418 g/mol. The van der Waals surface area contributed by atoms with Crippen LogP contribution in [0.25, 0.3) is 11.2 Å². The van der Waals surface area contributed by atoms with Crippen LogP contribution in [0.3, 0.4) is 0 Å². The number of hydrogen-bond acceptors (Lipinski definition) is 5. The van der Waals surface area contributed by atoms with E-state index in [1.54, 1.807) is 19.4 Å². The molecule has 0 spiro atoms. The SMILES string of the molecule is COc1cccc(C(=O)N2CCC(C(=O)N3CCC(c4nc5ncccc5[nH]4)CC3)CC2)c1. The largest absolute Gasteiger partial charge is 0.497 e. The molecule has 8 nitrogen and oxygen atoms in total. The third-order valence-electron chi connectivity index (χ3n) is 6.92. The number of pyridine rings is 1. The van der Waals surface area contributed by atoms with Crippen LogP contribution in [0.1, 0.15) is 47.8 Å². The number of H-pyrrole nitrogens is 1.